The molecule has 0 atom stereocenters. The van der Waals surface area contributed by atoms with Crippen LogP contribution >= 0.6 is 11.3 Å². The van der Waals surface area contributed by atoms with Crippen LogP contribution in [-0.2, 0) is 4.74 Å². The minimum Gasteiger partial charge on any atom is -0.378 e. The molecule has 0 saturated carbocycles. The summed E-state index contributed by atoms with van der Waals surface area (Å²) in [7, 11) is 1.66. The van der Waals surface area contributed by atoms with E-state index >= 15 is 0 Å². The van der Waals surface area contributed by atoms with Crippen molar-refractivity contribution >= 4 is 32.8 Å². The molecule has 1 aliphatic heterocycles. The van der Waals surface area contributed by atoms with Gasteiger partial charge in [0.05, 0.1) is 21.9 Å². The van der Waals surface area contributed by atoms with Crippen molar-refractivity contribution in [2.24, 2.45) is 0 Å². The summed E-state index contributed by atoms with van der Waals surface area (Å²) in [5.41, 5.74) is 2.46. The number of carbonyl (C=O) groups excluding carboxylic acids is 1. The zero-order valence-electron chi connectivity index (χ0n) is 15.3. The molecule has 0 radical (unpaired) electrons. The molecule has 1 aromatic carbocycles. The fourth-order valence-electron chi connectivity index (χ4n) is 3.72. The second-order valence-electron chi connectivity index (χ2n) is 6.95. The maximum absolute atomic E-state index is 13.3. The highest BCUT2D eigenvalue weighted by Crippen LogP contribution is 2.30. The van der Waals surface area contributed by atoms with Crippen LogP contribution in [0.3, 0.4) is 0 Å². The quantitative estimate of drug-likeness (QED) is 0.537. The topological polar surface area (TPSA) is 51.0 Å². The molecule has 5 nitrogen and oxygen atoms in total. The van der Waals surface area contributed by atoms with Crippen LogP contribution in [0.2, 0.25) is 0 Å². The molecule has 1 saturated heterocycles. The smallest absolute Gasteiger partial charge is 0.263 e. The average molecular weight is 390 g/mol. The number of benzene rings is 1. The lowest BCUT2D eigenvalue weighted by molar-refractivity contribution is -0.0191. The van der Waals surface area contributed by atoms with Crippen LogP contribution in [-0.4, -0.2) is 41.5 Å². The Morgan fingerprint density at radius 1 is 1.14 bits per heavy atom. The number of thiophene rings is 1. The standard InChI is InChI=1S/C22H18N2O3S/c1-27-16-12-23(13-16)21(25)18-11-17(14-5-3-2-4-6-14)22(26)24-9-7-15-8-10-28-20(15)19(18)24/h2-11,16H,12-13H2,1H3. The van der Waals surface area contributed by atoms with Gasteiger partial charge in [0.1, 0.15) is 0 Å². The molecule has 0 aliphatic carbocycles. The van der Waals surface area contributed by atoms with Gasteiger partial charge in [-0.05, 0) is 34.5 Å². The Labute approximate surface area is 165 Å². The Balaban J connectivity index is 1.78. The first-order valence-corrected chi connectivity index (χ1v) is 9.98. The maximum atomic E-state index is 13.3. The molecule has 0 bridgehead atoms. The third-order valence-electron chi connectivity index (χ3n) is 5.33. The van der Waals surface area contributed by atoms with Gasteiger partial charge in [0.25, 0.3) is 11.5 Å². The SMILES string of the molecule is COC1CN(C(=O)c2cc(-c3ccccc3)c(=O)n3ccc4ccsc4c23)C1. The number of carbonyl (C=O) groups is 1. The Morgan fingerprint density at radius 3 is 2.68 bits per heavy atom. The Morgan fingerprint density at radius 2 is 1.93 bits per heavy atom. The van der Waals surface area contributed by atoms with Gasteiger partial charge >= 0.3 is 0 Å². The molecule has 1 amide bonds. The molecular weight excluding hydrogens is 372 g/mol. The molecule has 6 heteroatoms. The second-order valence-corrected chi connectivity index (χ2v) is 7.87. The lowest BCUT2D eigenvalue weighted by atomic mass is 10.0. The van der Waals surface area contributed by atoms with Crippen LogP contribution in [0.5, 0.6) is 0 Å². The number of nitrogens with zero attached hydrogens (tertiary/aromatic N) is 2. The lowest BCUT2D eigenvalue weighted by Crippen LogP contribution is -2.54. The van der Waals surface area contributed by atoms with Crippen molar-refractivity contribution in [3.8, 4) is 11.1 Å². The second kappa shape index (κ2) is 6.58. The average Bonchev–Trinajstić information content (AvgIpc) is 3.17. The number of pyridine rings is 2. The van der Waals surface area contributed by atoms with Crippen molar-refractivity contribution in [3.63, 3.8) is 0 Å². The molecule has 4 heterocycles. The molecule has 0 unspecified atom stereocenters. The van der Waals surface area contributed by atoms with E-state index in [1.54, 1.807) is 40.0 Å². The summed E-state index contributed by atoms with van der Waals surface area (Å²) >= 11 is 1.55. The number of hydrogen-bond acceptors (Lipinski definition) is 4. The van der Waals surface area contributed by atoms with Gasteiger partial charge in [0.2, 0.25) is 0 Å². The zero-order chi connectivity index (χ0) is 19.3. The molecule has 0 N–H and O–H groups in total. The zero-order valence-corrected chi connectivity index (χ0v) is 16.1. The molecule has 1 aliphatic rings. The van der Waals surface area contributed by atoms with Crippen molar-refractivity contribution < 1.29 is 9.53 Å². The highest BCUT2D eigenvalue weighted by atomic mass is 32.1. The highest BCUT2D eigenvalue weighted by Gasteiger charge is 2.33. The van der Waals surface area contributed by atoms with Crippen molar-refractivity contribution in [2.45, 2.75) is 6.10 Å². The number of hydrogen-bond donors (Lipinski definition) is 0. The van der Waals surface area contributed by atoms with E-state index in [-0.39, 0.29) is 17.6 Å². The van der Waals surface area contributed by atoms with Crippen LogP contribution < -0.4 is 5.56 Å². The first-order valence-electron chi connectivity index (χ1n) is 9.10. The first kappa shape index (κ1) is 17.2. The summed E-state index contributed by atoms with van der Waals surface area (Å²) in [5.74, 6) is -0.0659. The van der Waals surface area contributed by atoms with E-state index in [0.29, 0.717) is 29.7 Å². The van der Waals surface area contributed by atoms with E-state index < -0.39 is 0 Å². The van der Waals surface area contributed by atoms with Gasteiger partial charge in [-0.2, -0.15) is 0 Å². The normalized spacial score (nSPS) is 14.5. The molecule has 28 heavy (non-hydrogen) atoms. The van der Waals surface area contributed by atoms with Gasteiger partial charge in [-0.3, -0.25) is 14.0 Å². The van der Waals surface area contributed by atoms with Crippen molar-refractivity contribution in [1.82, 2.24) is 9.30 Å². The predicted molar refractivity (Wildman–Crippen MR) is 111 cm³/mol. The predicted octanol–water partition coefficient (Wildman–Crippen LogP) is 3.65. The molecule has 5 rings (SSSR count). The van der Waals surface area contributed by atoms with E-state index in [0.717, 1.165) is 15.6 Å². The van der Waals surface area contributed by atoms with Crippen molar-refractivity contribution in [3.05, 3.63) is 76.0 Å². The largest absolute Gasteiger partial charge is 0.378 e. The van der Waals surface area contributed by atoms with Crippen molar-refractivity contribution in [2.75, 3.05) is 20.2 Å². The minimum absolute atomic E-state index is 0.0659. The molecular formula is C22H18N2O3S. The van der Waals surface area contributed by atoms with Crippen LogP contribution in [0.15, 0.2) is 64.9 Å². The van der Waals surface area contributed by atoms with Crippen LogP contribution in [0.25, 0.3) is 26.7 Å². The summed E-state index contributed by atoms with van der Waals surface area (Å²) < 4.78 is 7.88. The fraction of sp³-hybridized carbons (Fsp3) is 0.182. The Bertz CT molecular complexity index is 1250. The number of likely N-dealkylation sites (tertiary alicyclic amines) is 1. The van der Waals surface area contributed by atoms with Gasteiger partial charge in [0.15, 0.2) is 0 Å². The highest BCUT2D eigenvalue weighted by molar-refractivity contribution is 7.18. The van der Waals surface area contributed by atoms with Gasteiger partial charge in [-0.1, -0.05) is 30.3 Å². The van der Waals surface area contributed by atoms with Crippen LogP contribution in [0, 0.1) is 0 Å². The number of amides is 1. The van der Waals surface area contributed by atoms with Crippen molar-refractivity contribution in [1.29, 1.82) is 0 Å². The lowest BCUT2D eigenvalue weighted by Gasteiger charge is -2.38. The van der Waals surface area contributed by atoms with Crippen LogP contribution in [0.1, 0.15) is 10.4 Å². The Kier molecular flexibility index (Phi) is 4.03. The molecule has 3 aromatic heterocycles. The fourth-order valence-corrected chi connectivity index (χ4v) is 4.66. The number of rotatable bonds is 3. The molecule has 1 fully saturated rings. The van der Waals surface area contributed by atoms with Gasteiger partial charge < -0.3 is 9.64 Å². The van der Waals surface area contributed by atoms with E-state index in [4.69, 9.17) is 4.74 Å². The number of fused-ring (bicyclic) bond motifs is 3. The van der Waals surface area contributed by atoms with E-state index in [1.165, 1.54) is 0 Å². The molecule has 140 valence electrons. The monoisotopic (exact) mass is 390 g/mol. The summed E-state index contributed by atoms with van der Waals surface area (Å²) in [5, 5.41) is 3.02. The number of methoxy groups -OCH3 is 1. The first-order chi connectivity index (χ1) is 13.7. The third kappa shape index (κ3) is 2.57. The Hall–Kier alpha value is -2.96. The van der Waals surface area contributed by atoms with Gasteiger partial charge in [-0.25, -0.2) is 0 Å². The molecule has 0 spiro atoms. The third-order valence-corrected chi connectivity index (χ3v) is 6.27. The minimum atomic E-state index is -0.119. The van der Waals surface area contributed by atoms with Gasteiger partial charge in [-0.15, -0.1) is 11.3 Å². The van der Waals surface area contributed by atoms with E-state index in [2.05, 4.69) is 0 Å². The molecule has 4 aromatic rings. The van der Waals surface area contributed by atoms with E-state index in [9.17, 15) is 9.59 Å². The number of aromatic nitrogens is 1. The van der Waals surface area contributed by atoms with Gasteiger partial charge in [0, 0.05) is 32.0 Å². The summed E-state index contributed by atoms with van der Waals surface area (Å²) in [6.45, 7) is 1.14. The summed E-state index contributed by atoms with van der Waals surface area (Å²) in [4.78, 5) is 28.3. The van der Waals surface area contributed by atoms with E-state index in [1.807, 2.05) is 47.8 Å². The summed E-state index contributed by atoms with van der Waals surface area (Å²) in [6, 6.07) is 15.2. The van der Waals surface area contributed by atoms with Crippen LogP contribution in [0.4, 0.5) is 0 Å². The number of ether oxygens (including phenoxy) is 1. The summed E-state index contributed by atoms with van der Waals surface area (Å²) in [6.07, 6.45) is 1.85. The maximum Gasteiger partial charge on any atom is 0.263 e.